The molecule has 0 aliphatic carbocycles. The summed E-state index contributed by atoms with van der Waals surface area (Å²) in [5.41, 5.74) is 1.22. The van der Waals surface area contributed by atoms with Gasteiger partial charge in [0.05, 0.1) is 0 Å². The molecule has 124 valence electrons. The summed E-state index contributed by atoms with van der Waals surface area (Å²) >= 11 is 0. The summed E-state index contributed by atoms with van der Waals surface area (Å²) in [7, 11) is 3.92. The average molecular weight is 313 g/mol. The first-order valence-corrected chi connectivity index (χ1v) is 8.04. The number of rotatable bonds is 7. The van der Waals surface area contributed by atoms with Crippen LogP contribution in [0.5, 0.6) is 0 Å². The van der Waals surface area contributed by atoms with E-state index in [-0.39, 0.29) is 0 Å². The zero-order valence-electron chi connectivity index (χ0n) is 14.2. The molecule has 0 spiro atoms. The van der Waals surface area contributed by atoms with E-state index in [1.165, 1.54) is 5.69 Å². The van der Waals surface area contributed by atoms with Gasteiger partial charge in [-0.2, -0.15) is 0 Å². The largest absolute Gasteiger partial charge is 0.370 e. The summed E-state index contributed by atoms with van der Waals surface area (Å²) in [5, 5.41) is 6.73. The molecule has 0 fully saturated rings. The molecule has 2 rings (SSSR count). The fraction of sp³-hybridized carbons (Fsp3) is 0.389. The molecule has 1 unspecified atom stereocenters. The van der Waals surface area contributed by atoms with Crippen molar-refractivity contribution < 1.29 is 0 Å². The summed E-state index contributed by atoms with van der Waals surface area (Å²) in [6, 6.07) is 14.8. The number of aromatic nitrogens is 1. The van der Waals surface area contributed by atoms with Gasteiger partial charge >= 0.3 is 0 Å². The number of aliphatic imine (C=N–C) groups is 1. The third kappa shape index (κ3) is 5.36. The molecule has 0 saturated carbocycles. The van der Waals surface area contributed by atoms with Gasteiger partial charge in [0.1, 0.15) is 0 Å². The molecular formula is C18H27N5. The minimum atomic E-state index is 0.361. The first kappa shape index (κ1) is 16.9. The number of para-hydroxylation sites is 1. The SMILES string of the molecule is CN=C(NCCn1cccc1)NCC(C)N(C)c1ccccc1. The maximum absolute atomic E-state index is 4.28. The minimum absolute atomic E-state index is 0.361. The van der Waals surface area contributed by atoms with Crippen LogP contribution in [0.2, 0.25) is 0 Å². The second-order valence-electron chi connectivity index (χ2n) is 5.60. The lowest BCUT2D eigenvalue weighted by atomic mass is 10.2. The van der Waals surface area contributed by atoms with Gasteiger partial charge in [-0.15, -0.1) is 0 Å². The summed E-state index contributed by atoms with van der Waals surface area (Å²) in [6.07, 6.45) is 4.13. The van der Waals surface area contributed by atoms with Crippen LogP contribution in [0.1, 0.15) is 6.92 Å². The molecule has 2 N–H and O–H groups in total. The molecule has 2 aromatic rings. The predicted molar refractivity (Wildman–Crippen MR) is 98.1 cm³/mol. The molecule has 0 bridgehead atoms. The fourth-order valence-corrected chi connectivity index (χ4v) is 2.34. The Kier molecular flexibility index (Phi) is 6.54. The lowest BCUT2D eigenvalue weighted by molar-refractivity contribution is 0.633. The van der Waals surface area contributed by atoms with Crippen LogP contribution < -0.4 is 15.5 Å². The van der Waals surface area contributed by atoms with E-state index in [4.69, 9.17) is 0 Å². The summed E-state index contributed by atoms with van der Waals surface area (Å²) in [6.45, 7) is 4.80. The molecule has 0 aliphatic rings. The van der Waals surface area contributed by atoms with Crippen LogP contribution in [0.15, 0.2) is 59.9 Å². The smallest absolute Gasteiger partial charge is 0.191 e. The quantitative estimate of drug-likeness (QED) is 0.608. The molecule has 1 heterocycles. The monoisotopic (exact) mass is 313 g/mol. The van der Waals surface area contributed by atoms with Gasteiger partial charge in [-0.25, -0.2) is 0 Å². The summed E-state index contributed by atoms with van der Waals surface area (Å²) in [4.78, 5) is 6.54. The molecule has 1 aromatic carbocycles. The van der Waals surface area contributed by atoms with Crippen molar-refractivity contribution in [2.24, 2.45) is 4.99 Å². The Balaban J connectivity index is 1.74. The van der Waals surface area contributed by atoms with Gasteiger partial charge in [0, 0.05) is 57.9 Å². The maximum Gasteiger partial charge on any atom is 0.191 e. The Bertz CT molecular complexity index is 577. The zero-order valence-corrected chi connectivity index (χ0v) is 14.2. The number of nitrogens with one attached hydrogen (secondary N) is 2. The Labute approximate surface area is 139 Å². The fourth-order valence-electron chi connectivity index (χ4n) is 2.34. The number of benzene rings is 1. The van der Waals surface area contributed by atoms with E-state index < -0.39 is 0 Å². The topological polar surface area (TPSA) is 44.6 Å². The van der Waals surface area contributed by atoms with Gasteiger partial charge in [0.2, 0.25) is 0 Å². The van der Waals surface area contributed by atoms with Crippen LogP contribution >= 0.6 is 0 Å². The van der Waals surface area contributed by atoms with E-state index in [1.807, 2.05) is 18.2 Å². The Hall–Kier alpha value is -2.43. The van der Waals surface area contributed by atoms with Crippen LogP contribution in [0, 0.1) is 0 Å². The third-order valence-corrected chi connectivity index (χ3v) is 3.94. The Morgan fingerprint density at radius 1 is 1.13 bits per heavy atom. The first-order chi connectivity index (χ1) is 11.2. The van der Waals surface area contributed by atoms with E-state index >= 15 is 0 Å². The van der Waals surface area contributed by atoms with E-state index in [9.17, 15) is 0 Å². The van der Waals surface area contributed by atoms with E-state index in [1.54, 1.807) is 7.05 Å². The zero-order chi connectivity index (χ0) is 16.5. The van der Waals surface area contributed by atoms with Gasteiger partial charge in [-0.1, -0.05) is 18.2 Å². The van der Waals surface area contributed by atoms with Crippen LogP contribution in [0.25, 0.3) is 0 Å². The molecule has 5 nitrogen and oxygen atoms in total. The molecule has 1 atom stereocenters. The van der Waals surface area contributed by atoms with Gasteiger partial charge < -0.3 is 20.1 Å². The van der Waals surface area contributed by atoms with Gasteiger partial charge in [-0.3, -0.25) is 4.99 Å². The van der Waals surface area contributed by atoms with E-state index in [0.717, 1.165) is 25.6 Å². The molecule has 0 aliphatic heterocycles. The van der Waals surface area contributed by atoms with Crippen LogP contribution in [0.3, 0.4) is 0 Å². The standard InChI is InChI=1S/C18H27N5/c1-16(22(3)17-9-5-4-6-10-17)15-21-18(19-2)20-11-14-23-12-7-8-13-23/h4-10,12-13,16H,11,14-15H2,1-3H3,(H2,19,20,21). The van der Waals surface area contributed by atoms with Crippen molar-refractivity contribution in [2.45, 2.75) is 19.5 Å². The van der Waals surface area contributed by atoms with Crippen molar-refractivity contribution >= 4 is 11.6 Å². The highest BCUT2D eigenvalue weighted by atomic mass is 15.2. The van der Waals surface area contributed by atoms with Crippen molar-refractivity contribution in [1.29, 1.82) is 0 Å². The van der Waals surface area contributed by atoms with Crippen molar-refractivity contribution in [1.82, 2.24) is 15.2 Å². The maximum atomic E-state index is 4.28. The molecule has 1 aromatic heterocycles. The molecule has 0 saturated heterocycles. The summed E-state index contributed by atoms with van der Waals surface area (Å²) < 4.78 is 2.14. The van der Waals surface area contributed by atoms with Crippen molar-refractivity contribution in [3.63, 3.8) is 0 Å². The predicted octanol–water partition coefficient (Wildman–Crippen LogP) is 2.18. The second-order valence-corrected chi connectivity index (χ2v) is 5.60. The number of likely N-dealkylation sites (N-methyl/N-ethyl adjacent to an activating group) is 1. The molecule has 0 radical (unpaired) electrons. The molecule has 5 heteroatoms. The first-order valence-electron chi connectivity index (χ1n) is 8.04. The van der Waals surface area contributed by atoms with Gasteiger partial charge in [0.15, 0.2) is 5.96 Å². The highest BCUT2D eigenvalue weighted by Crippen LogP contribution is 2.13. The van der Waals surface area contributed by atoms with Crippen molar-refractivity contribution in [2.75, 3.05) is 32.1 Å². The second kappa shape index (κ2) is 8.88. The number of hydrogen-bond acceptors (Lipinski definition) is 2. The van der Waals surface area contributed by atoms with Crippen LogP contribution in [0.4, 0.5) is 5.69 Å². The number of hydrogen-bond donors (Lipinski definition) is 2. The number of nitrogens with zero attached hydrogens (tertiary/aromatic N) is 3. The van der Waals surface area contributed by atoms with Crippen molar-refractivity contribution in [3.8, 4) is 0 Å². The van der Waals surface area contributed by atoms with Gasteiger partial charge in [0.25, 0.3) is 0 Å². The van der Waals surface area contributed by atoms with Crippen LogP contribution in [-0.4, -0.2) is 43.8 Å². The lowest BCUT2D eigenvalue weighted by Gasteiger charge is -2.27. The average Bonchev–Trinajstić information content (AvgIpc) is 3.11. The highest BCUT2D eigenvalue weighted by molar-refractivity contribution is 5.79. The summed E-state index contributed by atoms with van der Waals surface area (Å²) in [5.74, 6) is 0.838. The molecule has 0 amide bonds. The third-order valence-electron chi connectivity index (χ3n) is 3.94. The van der Waals surface area contributed by atoms with E-state index in [2.05, 4.69) is 75.7 Å². The number of guanidine groups is 1. The Morgan fingerprint density at radius 2 is 1.83 bits per heavy atom. The molecule has 23 heavy (non-hydrogen) atoms. The van der Waals surface area contributed by atoms with Gasteiger partial charge in [-0.05, 0) is 31.2 Å². The van der Waals surface area contributed by atoms with E-state index in [0.29, 0.717) is 6.04 Å². The normalized spacial score (nSPS) is 12.7. The minimum Gasteiger partial charge on any atom is -0.370 e. The highest BCUT2D eigenvalue weighted by Gasteiger charge is 2.10. The number of anilines is 1. The Morgan fingerprint density at radius 3 is 2.48 bits per heavy atom. The van der Waals surface area contributed by atoms with Crippen molar-refractivity contribution in [3.05, 3.63) is 54.9 Å². The lowest BCUT2D eigenvalue weighted by Crippen LogP contribution is -2.45. The van der Waals surface area contributed by atoms with Crippen LogP contribution in [-0.2, 0) is 6.54 Å². The molecular weight excluding hydrogens is 286 g/mol.